The molecule has 3 saturated carbocycles. The van der Waals surface area contributed by atoms with Gasteiger partial charge in [-0.1, -0.05) is 57.8 Å². The van der Waals surface area contributed by atoms with Gasteiger partial charge in [0.25, 0.3) is 0 Å². The van der Waals surface area contributed by atoms with Crippen molar-refractivity contribution in [3.05, 3.63) is 0 Å². The highest BCUT2D eigenvalue weighted by Gasteiger charge is 2.43. The Morgan fingerprint density at radius 1 is 0.920 bits per heavy atom. The third-order valence-electron chi connectivity index (χ3n) is 7.37. The topological polar surface area (TPSA) is 50.1 Å². The molecule has 0 aromatic carbocycles. The first-order chi connectivity index (χ1) is 12.3. The van der Waals surface area contributed by atoms with Gasteiger partial charge in [-0.2, -0.15) is 5.26 Å². The zero-order chi connectivity index (χ0) is 17.6. The van der Waals surface area contributed by atoms with Crippen LogP contribution in [0.1, 0.15) is 83.5 Å². The molecule has 0 bridgehead atoms. The lowest BCUT2D eigenvalue weighted by atomic mass is 9.62. The summed E-state index contributed by atoms with van der Waals surface area (Å²) in [6.07, 6.45) is 15.6. The molecule has 0 spiro atoms. The van der Waals surface area contributed by atoms with Crippen LogP contribution < -0.4 is 0 Å². The van der Waals surface area contributed by atoms with Crippen LogP contribution >= 0.6 is 0 Å². The molecule has 0 aromatic heterocycles. The number of nitrogens with zero attached hydrogens (tertiary/aromatic N) is 1. The van der Waals surface area contributed by atoms with Crippen molar-refractivity contribution in [3.63, 3.8) is 0 Å². The van der Waals surface area contributed by atoms with Crippen LogP contribution in [0.25, 0.3) is 0 Å². The van der Waals surface area contributed by atoms with E-state index in [2.05, 4.69) is 6.07 Å². The molecule has 3 rings (SSSR count). The Bertz CT molecular complexity index is 477. The molecule has 3 heteroatoms. The molecule has 0 aromatic rings. The third-order valence-corrected chi connectivity index (χ3v) is 7.37. The van der Waals surface area contributed by atoms with Crippen molar-refractivity contribution in [2.45, 2.75) is 89.6 Å². The Hall–Kier alpha value is -0.880. The summed E-state index contributed by atoms with van der Waals surface area (Å²) in [7, 11) is 1.73. The number of nitriles is 1. The molecule has 5 unspecified atom stereocenters. The summed E-state index contributed by atoms with van der Waals surface area (Å²) in [5.41, 5.74) is 0. The minimum atomic E-state index is -0.395. The molecular formula is C22H35NO2. The second-order valence-electron chi connectivity index (χ2n) is 8.68. The number of Topliss-reactive ketones (excluding diaryl/α,β-unsaturated/α-hetero) is 1. The van der Waals surface area contributed by atoms with Crippen LogP contribution in [-0.2, 0) is 9.53 Å². The largest absolute Gasteiger partial charge is 0.381 e. The first-order valence-corrected chi connectivity index (χ1v) is 10.7. The molecule has 3 aliphatic carbocycles. The molecule has 0 aliphatic heterocycles. The molecule has 140 valence electrons. The highest BCUT2D eigenvalue weighted by Crippen LogP contribution is 2.45. The summed E-state index contributed by atoms with van der Waals surface area (Å²) >= 11 is 0. The zero-order valence-corrected chi connectivity index (χ0v) is 15.9. The lowest BCUT2D eigenvalue weighted by molar-refractivity contribution is -0.134. The molecule has 3 fully saturated rings. The van der Waals surface area contributed by atoms with Crippen LogP contribution in [0.5, 0.6) is 0 Å². The number of ketones is 1. The van der Waals surface area contributed by atoms with Gasteiger partial charge in [-0.05, 0) is 43.4 Å². The molecule has 0 radical (unpaired) electrons. The fraction of sp³-hybridized carbons (Fsp3) is 0.909. The number of carbonyl (C=O) groups excluding carboxylic acids is 1. The second kappa shape index (κ2) is 9.17. The Kier molecular flexibility index (Phi) is 6.93. The van der Waals surface area contributed by atoms with E-state index in [1.54, 1.807) is 7.11 Å². The minimum Gasteiger partial charge on any atom is -0.381 e. The van der Waals surface area contributed by atoms with Gasteiger partial charge < -0.3 is 4.74 Å². The summed E-state index contributed by atoms with van der Waals surface area (Å²) in [4.78, 5) is 13.3. The van der Waals surface area contributed by atoms with E-state index < -0.39 is 5.92 Å². The number of hydrogen-bond acceptors (Lipinski definition) is 3. The molecule has 5 atom stereocenters. The lowest BCUT2D eigenvalue weighted by Crippen LogP contribution is -2.42. The Balaban J connectivity index is 1.74. The van der Waals surface area contributed by atoms with E-state index in [0.717, 1.165) is 38.0 Å². The van der Waals surface area contributed by atoms with E-state index in [1.165, 1.54) is 51.4 Å². The highest BCUT2D eigenvalue weighted by molar-refractivity contribution is 5.86. The molecule has 0 saturated heterocycles. The van der Waals surface area contributed by atoms with Gasteiger partial charge in [0.15, 0.2) is 5.78 Å². The van der Waals surface area contributed by atoms with Crippen molar-refractivity contribution >= 4 is 5.78 Å². The van der Waals surface area contributed by atoms with Gasteiger partial charge in [0.2, 0.25) is 0 Å². The standard InChI is InChI=1S/C22H35NO2/c1-25-21-14-8-7-13-19(21)22(24)20(15-23)18-12-6-5-11-17(18)16-9-3-2-4-10-16/h16-21H,2-14H2,1H3. The van der Waals surface area contributed by atoms with Crippen molar-refractivity contribution in [2.75, 3.05) is 7.11 Å². The first-order valence-electron chi connectivity index (χ1n) is 10.7. The van der Waals surface area contributed by atoms with Crippen LogP contribution in [0.3, 0.4) is 0 Å². The van der Waals surface area contributed by atoms with Crippen molar-refractivity contribution in [2.24, 2.45) is 29.6 Å². The smallest absolute Gasteiger partial charge is 0.155 e. The van der Waals surface area contributed by atoms with Gasteiger partial charge >= 0.3 is 0 Å². The van der Waals surface area contributed by atoms with Gasteiger partial charge in [-0.15, -0.1) is 0 Å². The summed E-state index contributed by atoms with van der Waals surface area (Å²) in [6.45, 7) is 0. The van der Waals surface area contributed by atoms with E-state index in [-0.39, 0.29) is 17.8 Å². The van der Waals surface area contributed by atoms with Crippen LogP contribution in [0.15, 0.2) is 0 Å². The van der Waals surface area contributed by atoms with E-state index in [9.17, 15) is 10.1 Å². The van der Waals surface area contributed by atoms with Gasteiger partial charge in [0, 0.05) is 13.0 Å². The number of methoxy groups -OCH3 is 1. The molecule has 3 nitrogen and oxygen atoms in total. The van der Waals surface area contributed by atoms with Crippen LogP contribution in [0.4, 0.5) is 0 Å². The van der Waals surface area contributed by atoms with Crippen LogP contribution in [0.2, 0.25) is 0 Å². The van der Waals surface area contributed by atoms with Gasteiger partial charge in [0.05, 0.1) is 12.2 Å². The van der Waals surface area contributed by atoms with Crippen LogP contribution in [-0.4, -0.2) is 19.0 Å². The lowest BCUT2D eigenvalue weighted by Gasteiger charge is -2.41. The maximum absolute atomic E-state index is 13.3. The molecule has 0 N–H and O–H groups in total. The molecule has 0 amide bonds. The predicted octanol–water partition coefficient (Wildman–Crippen LogP) is 5.29. The SMILES string of the molecule is COC1CCCCC1C(=O)C(C#N)C1CCCCC1C1CCCCC1. The molecule has 0 heterocycles. The van der Waals surface area contributed by atoms with Gasteiger partial charge in [0.1, 0.15) is 5.92 Å². The van der Waals surface area contributed by atoms with Crippen LogP contribution in [0, 0.1) is 40.9 Å². The Morgan fingerprint density at radius 2 is 1.56 bits per heavy atom. The Labute approximate surface area is 153 Å². The summed E-state index contributed by atoms with van der Waals surface area (Å²) in [5.74, 6) is 1.43. The van der Waals surface area contributed by atoms with E-state index >= 15 is 0 Å². The number of hydrogen-bond donors (Lipinski definition) is 0. The maximum Gasteiger partial charge on any atom is 0.155 e. The average molecular weight is 346 g/mol. The molecule has 25 heavy (non-hydrogen) atoms. The quantitative estimate of drug-likeness (QED) is 0.680. The van der Waals surface area contributed by atoms with Gasteiger partial charge in [-0.25, -0.2) is 0 Å². The summed E-state index contributed by atoms with van der Waals surface area (Å²) < 4.78 is 5.62. The van der Waals surface area contributed by atoms with Gasteiger partial charge in [-0.3, -0.25) is 4.79 Å². The van der Waals surface area contributed by atoms with Crippen molar-refractivity contribution < 1.29 is 9.53 Å². The van der Waals surface area contributed by atoms with Crippen molar-refractivity contribution in [1.82, 2.24) is 0 Å². The maximum atomic E-state index is 13.3. The fourth-order valence-corrected chi connectivity index (χ4v) is 6.06. The van der Waals surface area contributed by atoms with E-state index in [0.29, 0.717) is 11.8 Å². The highest BCUT2D eigenvalue weighted by atomic mass is 16.5. The first kappa shape index (κ1) is 18.9. The number of rotatable bonds is 5. The van der Waals surface area contributed by atoms with Crippen molar-refractivity contribution in [1.29, 1.82) is 5.26 Å². The summed E-state index contributed by atoms with van der Waals surface area (Å²) in [6, 6.07) is 2.48. The third kappa shape index (κ3) is 4.27. The predicted molar refractivity (Wildman–Crippen MR) is 98.9 cm³/mol. The average Bonchev–Trinajstić information content (AvgIpc) is 2.69. The zero-order valence-electron chi connectivity index (χ0n) is 15.9. The normalized spacial score (nSPS) is 35.7. The fourth-order valence-electron chi connectivity index (χ4n) is 6.06. The van der Waals surface area contributed by atoms with E-state index in [4.69, 9.17) is 4.74 Å². The molecule has 3 aliphatic rings. The minimum absolute atomic E-state index is 0.0359. The molecular weight excluding hydrogens is 310 g/mol. The van der Waals surface area contributed by atoms with Crippen molar-refractivity contribution in [3.8, 4) is 6.07 Å². The number of ether oxygens (including phenoxy) is 1. The summed E-state index contributed by atoms with van der Waals surface area (Å²) in [5, 5.41) is 9.94. The number of carbonyl (C=O) groups is 1. The monoisotopic (exact) mass is 345 g/mol. The second-order valence-corrected chi connectivity index (χ2v) is 8.68. The Morgan fingerprint density at radius 3 is 2.28 bits per heavy atom. The van der Waals surface area contributed by atoms with E-state index in [1.807, 2.05) is 0 Å².